The Bertz CT molecular complexity index is 666. The van der Waals surface area contributed by atoms with E-state index in [0.717, 1.165) is 0 Å². The Hall–Kier alpha value is -2.25. The molecule has 1 unspecified atom stereocenters. The van der Waals surface area contributed by atoms with Gasteiger partial charge in [-0.15, -0.1) is 11.3 Å². The van der Waals surface area contributed by atoms with Crippen LogP contribution < -0.4 is 16.4 Å². The molecule has 0 aliphatic rings. The number of amides is 2. The van der Waals surface area contributed by atoms with Gasteiger partial charge in [-0.3, -0.25) is 9.59 Å². The molecule has 0 radical (unpaired) electrons. The van der Waals surface area contributed by atoms with E-state index in [-0.39, 0.29) is 17.9 Å². The van der Waals surface area contributed by atoms with Crippen LogP contribution in [-0.2, 0) is 0 Å². The Balaban J connectivity index is 2.21. The topological polar surface area (TPSA) is 97.1 Å². The number of para-hydroxylation sites is 1. The average Bonchev–Trinajstić information content (AvgIpc) is 2.97. The van der Waals surface area contributed by atoms with Crippen LogP contribution in [0.4, 0.5) is 5.69 Å². The highest BCUT2D eigenvalue weighted by atomic mass is 32.1. The molecular formula is C14H16N4O2S. The number of carbonyl (C=O) groups excluding carboxylic acids is 2. The summed E-state index contributed by atoms with van der Waals surface area (Å²) in [6.07, 6.45) is 0. The van der Waals surface area contributed by atoms with Crippen molar-refractivity contribution >= 4 is 28.8 Å². The van der Waals surface area contributed by atoms with E-state index < -0.39 is 0 Å². The number of rotatable bonds is 4. The Morgan fingerprint density at radius 2 is 2.00 bits per heavy atom. The first-order chi connectivity index (χ1) is 10.0. The van der Waals surface area contributed by atoms with Crippen molar-refractivity contribution in [3.8, 4) is 0 Å². The van der Waals surface area contributed by atoms with E-state index in [1.807, 2.05) is 0 Å². The van der Waals surface area contributed by atoms with Gasteiger partial charge < -0.3 is 16.4 Å². The van der Waals surface area contributed by atoms with Crippen molar-refractivity contribution in [2.45, 2.75) is 13.0 Å². The molecule has 1 aromatic carbocycles. The third-order valence-corrected chi connectivity index (χ3v) is 3.84. The van der Waals surface area contributed by atoms with Gasteiger partial charge in [0, 0.05) is 12.4 Å². The molecule has 1 atom stereocenters. The second kappa shape index (κ2) is 6.47. The number of thiazole rings is 1. The number of aromatic nitrogens is 1. The Morgan fingerprint density at radius 1 is 1.29 bits per heavy atom. The summed E-state index contributed by atoms with van der Waals surface area (Å²) >= 11 is 1.34. The van der Waals surface area contributed by atoms with Gasteiger partial charge in [0.25, 0.3) is 11.8 Å². The molecule has 7 heteroatoms. The van der Waals surface area contributed by atoms with Gasteiger partial charge in [-0.05, 0) is 19.1 Å². The number of nitrogens with one attached hydrogen (secondary N) is 2. The summed E-state index contributed by atoms with van der Waals surface area (Å²) in [5.41, 5.74) is 6.86. The van der Waals surface area contributed by atoms with E-state index in [1.165, 1.54) is 18.4 Å². The maximum absolute atomic E-state index is 12.2. The largest absolute Gasteiger partial charge is 0.355 e. The quantitative estimate of drug-likeness (QED) is 0.802. The molecule has 1 aromatic heterocycles. The van der Waals surface area contributed by atoms with E-state index in [2.05, 4.69) is 15.6 Å². The van der Waals surface area contributed by atoms with Crippen LogP contribution in [0.3, 0.4) is 0 Å². The molecule has 1 heterocycles. The molecule has 21 heavy (non-hydrogen) atoms. The lowest BCUT2D eigenvalue weighted by Crippen LogP contribution is -2.21. The van der Waals surface area contributed by atoms with Crippen molar-refractivity contribution in [3.63, 3.8) is 0 Å². The third kappa shape index (κ3) is 3.45. The summed E-state index contributed by atoms with van der Waals surface area (Å²) in [6, 6.07) is 6.58. The number of carbonyl (C=O) groups is 2. The van der Waals surface area contributed by atoms with Crippen molar-refractivity contribution < 1.29 is 9.59 Å². The molecule has 0 saturated heterocycles. The zero-order chi connectivity index (χ0) is 15.4. The van der Waals surface area contributed by atoms with Crippen LogP contribution >= 0.6 is 11.3 Å². The van der Waals surface area contributed by atoms with Crippen LogP contribution in [-0.4, -0.2) is 23.8 Å². The first-order valence-electron chi connectivity index (χ1n) is 6.36. The van der Waals surface area contributed by atoms with Gasteiger partial charge in [-0.25, -0.2) is 4.98 Å². The SMILES string of the molecule is CNC(=O)c1ccccc1NC(=O)c1csc(C(C)N)n1. The lowest BCUT2D eigenvalue weighted by Gasteiger charge is -2.08. The standard InChI is InChI=1S/C14H16N4O2S/c1-8(15)14-18-11(7-21-14)13(20)17-10-6-4-3-5-9(10)12(19)16-2/h3-8H,15H2,1-2H3,(H,16,19)(H,17,20). The molecule has 2 amide bonds. The third-order valence-electron chi connectivity index (χ3n) is 2.79. The van der Waals surface area contributed by atoms with E-state index in [4.69, 9.17) is 5.73 Å². The number of nitrogens with two attached hydrogens (primary N) is 1. The fourth-order valence-corrected chi connectivity index (χ4v) is 2.47. The van der Waals surface area contributed by atoms with Crippen molar-refractivity contribution in [2.75, 3.05) is 12.4 Å². The molecule has 110 valence electrons. The van der Waals surface area contributed by atoms with Crippen LogP contribution in [0.15, 0.2) is 29.6 Å². The normalized spacial score (nSPS) is 11.8. The van der Waals surface area contributed by atoms with Crippen molar-refractivity contribution in [1.29, 1.82) is 0 Å². The summed E-state index contributed by atoms with van der Waals surface area (Å²) in [5, 5.41) is 7.57. The average molecular weight is 304 g/mol. The molecule has 0 spiro atoms. The molecule has 6 nitrogen and oxygen atoms in total. The van der Waals surface area contributed by atoms with E-state index in [9.17, 15) is 9.59 Å². The predicted molar refractivity (Wildman–Crippen MR) is 82.5 cm³/mol. The van der Waals surface area contributed by atoms with E-state index >= 15 is 0 Å². The van der Waals surface area contributed by atoms with Gasteiger partial charge in [-0.1, -0.05) is 12.1 Å². The first kappa shape index (κ1) is 15.1. The number of nitrogens with zero attached hydrogens (tertiary/aromatic N) is 1. The summed E-state index contributed by atoms with van der Waals surface area (Å²) in [4.78, 5) is 28.1. The summed E-state index contributed by atoms with van der Waals surface area (Å²) in [7, 11) is 1.54. The minimum Gasteiger partial charge on any atom is -0.355 e. The summed E-state index contributed by atoms with van der Waals surface area (Å²) < 4.78 is 0. The lowest BCUT2D eigenvalue weighted by atomic mass is 10.1. The van der Waals surface area contributed by atoms with Gasteiger partial charge in [0.15, 0.2) is 0 Å². The number of anilines is 1. The van der Waals surface area contributed by atoms with E-state index in [0.29, 0.717) is 22.0 Å². The molecule has 0 aliphatic carbocycles. The minimum atomic E-state index is -0.366. The second-order valence-electron chi connectivity index (χ2n) is 4.44. The maximum atomic E-state index is 12.2. The Labute approximate surface area is 126 Å². The predicted octanol–water partition coefficient (Wildman–Crippen LogP) is 1.77. The summed E-state index contributed by atoms with van der Waals surface area (Å²) in [5.74, 6) is -0.630. The van der Waals surface area contributed by atoms with Gasteiger partial charge in [0.2, 0.25) is 0 Å². The zero-order valence-corrected chi connectivity index (χ0v) is 12.5. The summed E-state index contributed by atoms with van der Waals surface area (Å²) in [6.45, 7) is 1.81. The molecule has 0 fully saturated rings. The van der Waals surface area contributed by atoms with E-state index in [1.54, 1.807) is 36.6 Å². The van der Waals surface area contributed by atoms with Crippen LogP contribution in [0, 0.1) is 0 Å². The highest BCUT2D eigenvalue weighted by Crippen LogP contribution is 2.19. The second-order valence-corrected chi connectivity index (χ2v) is 5.33. The van der Waals surface area contributed by atoms with Crippen LogP contribution in [0.1, 0.15) is 38.8 Å². The highest BCUT2D eigenvalue weighted by molar-refractivity contribution is 7.09. The molecular weight excluding hydrogens is 288 g/mol. The van der Waals surface area contributed by atoms with Gasteiger partial charge in [0.05, 0.1) is 17.3 Å². The molecule has 4 N–H and O–H groups in total. The Kier molecular flexibility index (Phi) is 4.66. The zero-order valence-electron chi connectivity index (χ0n) is 11.7. The van der Waals surface area contributed by atoms with Gasteiger partial charge in [-0.2, -0.15) is 0 Å². The highest BCUT2D eigenvalue weighted by Gasteiger charge is 2.16. The molecule has 0 bridgehead atoms. The van der Waals surface area contributed by atoms with Crippen LogP contribution in [0.5, 0.6) is 0 Å². The number of hydrogen-bond donors (Lipinski definition) is 3. The van der Waals surface area contributed by atoms with Crippen LogP contribution in [0.25, 0.3) is 0 Å². The van der Waals surface area contributed by atoms with Gasteiger partial charge in [0.1, 0.15) is 10.7 Å². The van der Waals surface area contributed by atoms with Crippen molar-refractivity contribution in [3.05, 3.63) is 45.9 Å². The molecule has 2 aromatic rings. The monoisotopic (exact) mass is 304 g/mol. The van der Waals surface area contributed by atoms with Crippen molar-refractivity contribution in [2.24, 2.45) is 5.73 Å². The van der Waals surface area contributed by atoms with Gasteiger partial charge >= 0.3 is 0 Å². The number of benzene rings is 1. The van der Waals surface area contributed by atoms with Crippen molar-refractivity contribution in [1.82, 2.24) is 10.3 Å². The maximum Gasteiger partial charge on any atom is 0.275 e. The number of hydrogen-bond acceptors (Lipinski definition) is 5. The van der Waals surface area contributed by atoms with Crippen LogP contribution in [0.2, 0.25) is 0 Å². The lowest BCUT2D eigenvalue weighted by molar-refractivity contribution is 0.0964. The molecule has 0 aliphatic heterocycles. The fraction of sp³-hybridized carbons (Fsp3) is 0.214. The fourth-order valence-electron chi connectivity index (χ4n) is 1.71. The molecule has 2 rings (SSSR count). The smallest absolute Gasteiger partial charge is 0.275 e. The first-order valence-corrected chi connectivity index (χ1v) is 7.24. The Morgan fingerprint density at radius 3 is 2.62 bits per heavy atom. The minimum absolute atomic E-state index is 0.213. The molecule has 0 saturated carbocycles.